The van der Waals surface area contributed by atoms with Gasteiger partial charge in [-0.15, -0.1) is 11.3 Å². The molecule has 0 unspecified atom stereocenters. The third-order valence-electron chi connectivity index (χ3n) is 1.86. The first-order chi connectivity index (χ1) is 7.40. The Morgan fingerprint density at radius 1 is 1.40 bits per heavy atom. The number of hydrogen-bond donors (Lipinski definition) is 2. The molecule has 2 rings (SSSR count). The third-order valence-corrected chi connectivity index (χ3v) is 2.75. The molecule has 0 atom stereocenters. The van der Waals surface area contributed by atoms with Crippen LogP contribution in [0.3, 0.4) is 0 Å². The highest BCUT2D eigenvalue weighted by Crippen LogP contribution is 2.23. The van der Waals surface area contributed by atoms with Crippen LogP contribution in [-0.4, -0.2) is 28.2 Å². The molecule has 0 amide bonds. The van der Waals surface area contributed by atoms with Gasteiger partial charge in [0.2, 0.25) is 0 Å². The third kappa shape index (κ3) is 2.51. The lowest BCUT2D eigenvalue weighted by Gasteiger charge is -2.03. The molecular weight excluding hydrogens is 210 g/mol. The lowest BCUT2D eigenvalue weighted by molar-refractivity contribution is 0.311. The summed E-state index contributed by atoms with van der Waals surface area (Å²) in [5.74, 6) is 0.738. The minimum Gasteiger partial charge on any atom is -0.395 e. The second kappa shape index (κ2) is 4.86. The van der Waals surface area contributed by atoms with Gasteiger partial charge in [-0.05, 0) is 11.4 Å². The predicted molar refractivity (Wildman–Crippen MR) is 60.9 cm³/mol. The Bertz CT molecular complexity index is 416. The fourth-order valence-electron chi connectivity index (χ4n) is 1.20. The Balaban J connectivity index is 2.19. The standard InChI is InChI=1S/C10H11N3OS/c14-4-3-11-10-6-8(12-7-13-10)9-2-1-5-15-9/h1-2,5-7,14H,3-4H2,(H,11,12,13). The SMILES string of the molecule is OCCNc1cc(-c2cccs2)ncn1. The number of aliphatic hydroxyl groups excluding tert-OH is 1. The van der Waals surface area contributed by atoms with Crippen molar-refractivity contribution >= 4 is 17.2 Å². The number of aromatic nitrogens is 2. The minimum atomic E-state index is 0.0956. The van der Waals surface area contributed by atoms with Crippen molar-refractivity contribution in [2.75, 3.05) is 18.5 Å². The van der Waals surface area contributed by atoms with Crippen LogP contribution in [-0.2, 0) is 0 Å². The number of thiophene rings is 1. The van der Waals surface area contributed by atoms with Crippen molar-refractivity contribution in [3.05, 3.63) is 29.9 Å². The quantitative estimate of drug-likeness (QED) is 0.823. The molecule has 0 fully saturated rings. The van der Waals surface area contributed by atoms with Crippen LogP contribution in [0.15, 0.2) is 29.9 Å². The molecule has 0 saturated heterocycles. The van der Waals surface area contributed by atoms with Crippen molar-refractivity contribution in [2.45, 2.75) is 0 Å². The summed E-state index contributed by atoms with van der Waals surface area (Å²) in [6, 6.07) is 5.88. The number of nitrogens with zero attached hydrogens (tertiary/aromatic N) is 2. The summed E-state index contributed by atoms with van der Waals surface area (Å²) >= 11 is 1.64. The second-order valence-electron chi connectivity index (χ2n) is 2.92. The van der Waals surface area contributed by atoms with E-state index in [1.54, 1.807) is 11.3 Å². The molecule has 4 nitrogen and oxygen atoms in total. The van der Waals surface area contributed by atoms with Crippen LogP contribution in [0.4, 0.5) is 5.82 Å². The van der Waals surface area contributed by atoms with Crippen molar-refractivity contribution < 1.29 is 5.11 Å². The summed E-state index contributed by atoms with van der Waals surface area (Å²) in [5, 5.41) is 13.7. The van der Waals surface area contributed by atoms with Gasteiger partial charge >= 0.3 is 0 Å². The Labute approximate surface area is 91.6 Å². The van der Waals surface area contributed by atoms with Crippen LogP contribution >= 0.6 is 11.3 Å². The Morgan fingerprint density at radius 2 is 2.33 bits per heavy atom. The van der Waals surface area contributed by atoms with Crippen LogP contribution < -0.4 is 5.32 Å². The fourth-order valence-corrected chi connectivity index (χ4v) is 1.89. The lowest BCUT2D eigenvalue weighted by Crippen LogP contribution is -2.07. The molecule has 2 N–H and O–H groups in total. The van der Waals surface area contributed by atoms with E-state index in [1.165, 1.54) is 6.33 Å². The maximum atomic E-state index is 8.68. The molecule has 0 saturated carbocycles. The number of anilines is 1. The van der Waals surface area contributed by atoms with Gasteiger partial charge in [0, 0.05) is 12.6 Å². The first-order valence-corrected chi connectivity index (χ1v) is 5.49. The number of rotatable bonds is 4. The van der Waals surface area contributed by atoms with Crippen molar-refractivity contribution in [3.8, 4) is 10.6 Å². The highest BCUT2D eigenvalue weighted by atomic mass is 32.1. The first-order valence-electron chi connectivity index (χ1n) is 4.61. The van der Waals surface area contributed by atoms with E-state index in [0.717, 1.165) is 16.4 Å². The molecule has 0 radical (unpaired) electrons. The van der Waals surface area contributed by atoms with Gasteiger partial charge in [-0.3, -0.25) is 0 Å². The van der Waals surface area contributed by atoms with Gasteiger partial charge in [-0.25, -0.2) is 9.97 Å². The van der Waals surface area contributed by atoms with Crippen LogP contribution in [0, 0.1) is 0 Å². The van der Waals surface area contributed by atoms with Gasteiger partial charge in [-0.1, -0.05) is 6.07 Å². The van der Waals surface area contributed by atoms with E-state index < -0.39 is 0 Å². The fraction of sp³-hybridized carbons (Fsp3) is 0.200. The molecule has 0 aromatic carbocycles. The first kappa shape index (κ1) is 10.1. The molecule has 15 heavy (non-hydrogen) atoms. The molecule has 0 aliphatic carbocycles. The van der Waals surface area contributed by atoms with Crippen LogP contribution in [0.25, 0.3) is 10.6 Å². The maximum absolute atomic E-state index is 8.68. The summed E-state index contributed by atoms with van der Waals surface area (Å²) in [5.41, 5.74) is 0.903. The number of hydrogen-bond acceptors (Lipinski definition) is 5. The monoisotopic (exact) mass is 221 g/mol. The van der Waals surface area contributed by atoms with E-state index in [9.17, 15) is 0 Å². The van der Waals surface area contributed by atoms with Gasteiger partial charge in [0.25, 0.3) is 0 Å². The maximum Gasteiger partial charge on any atom is 0.130 e. The Morgan fingerprint density at radius 3 is 3.07 bits per heavy atom. The van der Waals surface area contributed by atoms with Crippen LogP contribution in [0.5, 0.6) is 0 Å². The van der Waals surface area contributed by atoms with Gasteiger partial charge in [0.1, 0.15) is 12.1 Å². The van der Waals surface area contributed by atoms with E-state index in [0.29, 0.717) is 6.54 Å². The zero-order valence-corrected chi connectivity index (χ0v) is 8.87. The summed E-state index contributed by atoms with van der Waals surface area (Å²) in [6.45, 7) is 0.596. The smallest absolute Gasteiger partial charge is 0.130 e. The highest BCUT2D eigenvalue weighted by Gasteiger charge is 2.01. The van der Waals surface area contributed by atoms with E-state index in [2.05, 4.69) is 15.3 Å². The second-order valence-corrected chi connectivity index (χ2v) is 3.86. The van der Waals surface area contributed by atoms with Crippen LogP contribution in [0.2, 0.25) is 0 Å². The number of nitrogens with one attached hydrogen (secondary N) is 1. The summed E-state index contributed by atoms with van der Waals surface area (Å²) in [7, 11) is 0. The molecule has 5 heteroatoms. The molecule has 2 aromatic heterocycles. The molecule has 0 aliphatic rings. The summed E-state index contributed by atoms with van der Waals surface area (Å²) in [4.78, 5) is 9.36. The molecule has 2 aromatic rings. The normalized spacial score (nSPS) is 10.2. The zero-order valence-electron chi connectivity index (χ0n) is 8.05. The van der Waals surface area contributed by atoms with Crippen LogP contribution in [0.1, 0.15) is 0 Å². The summed E-state index contributed by atoms with van der Waals surface area (Å²) in [6.07, 6.45) is 1.52. The van der Waals surface area contributed by atoms with E-state index in [1.807, 2.05) is 23.6 Å². The Kier molecular flexibility index (Phi) is 3.26. The van der Waals surface area contributed by atoms with E-state index in [-0.39, 0.29) is 6.61 Å². The average Bonchev–Trinajstić information content (AvgIpc) is 2.80. The summed E-state index contributed by atoms with van der Waals surface area (Å²) < 4.78 is 0. The molecule has 0 spiro atoms. The van der Waals surface area contributed by atoms with Gasteiger partial charge in [0.15, 0.2) is 0 Å². The van der Waals surface area contributed by atoms with Gasteiger partial charge in [-0.2, -0.15) is 0 Å². The van der Waals surface area contributed by atoms with Crippen molar-refractivity contribution in [3.63, 3.8) is 0 Å². The van der Waals surface area contributed by atoms with Crippen molar-refractivity contribution in [2.24, 2.45) is 0 Å². The average molecular weight is 221 g/mol. The molecule has 78 valence electrons. The van der Waals surface area contributed by atoms with Crippen molar-refractivity contribution in [1.82, 2.24) is 9.97 Å². The Hall–Kier alpha value is -1.46. The van der Waals surface area contributed by atoms with Crippen molar-refractivity contribution in [1.29, 1.82) is 0 Å². The predicted octanol–water partition coefficient (Wildman–Crippen LogP) is 1.61. The molecular formula is C10H11N3OS. The molecule has 2 heterocycles. The molecule has 0 bridgehead atoms. The highest BCUT2D eigenvalue weighted by molar-refractivity contribution is 7.13. The zero-order chi connectivity index (χ0) is 10.5. The minimum absolute atomic E-state index is 0.0956. The van der Waals surface area contributed by atoms with E-state index >= 15 is 0 Å². The topological polar surface area (TPSA) is 58.0 Å². The lowest BCUT2D eigenvalue weighted by atomic mass is 10.3. The number of aliphatic hydroxyl groups is 1. The van der Waals surface area contributed by atoms with Gasteiger partial charge < -0.3 is 10.4 Å². The van der Waals surface area contributed by atoms with E-state index in [4.69, 9.17) is 5.11 Å². The molecule has 0 aliphatic heterocycles. The largest absolute Gasteiger partial charge is 0.395 e. The van der Waals surface area contributed by atoms with Gasteiger partial charge in [0.05, 0.1) is 17.2 Å².